The van der Waals surface area contributed by atoms with Crippen molar-refractivity contribution in [2.75, 3.05) is 13.7 Å². The minimum absolute atomic E-state index is 0.249. The number of hydrogen-bond donors (Lipinski definition) is 1. The van der Waals surface area contributed by atoms with Crippen LogP contribution in [0.1, 0.15) is 84.9 Å². The lowest BCUT2D eigenvalue weighted by Gasteiger charge is -2.27. The molecule has 1 aliphatic rings. The third kappa shape index (κ3) is 7.33. The van der Waals surface area contributed by atoms with Crippen LogP contribution >= 0.6 is 0 Å². The molecule has 170 valence electrons. The second kappa shape index (κ2) is 10.3. The summed E-state index contributed by atoms with van der Waals surface area (Å²) in [5.74, 6) is 0.557. The summed E-state index contributed by atoms with van der Waals surface area (Å²) in [5, 5.41) is 2.75. The Morgan fingerprint density at radius 3 is 2.47 bits per heavy atom. The average Bonchev–Trinajstić information content (AvgIpc) is 3.12. The number of rotatable bonds is 8. The van der Waals surface area contributed by atoms with Crippen molar-refractivity contribution >= 4 is 12.1 Å². The first-order valence-corrected chi connectivity index (χ1v) is 11.1. The second-order valence-electron chi connectivity index (χ2n) is 9.99. The highest BCUT2D eigenvalue weighted by atomic mass is 16.6. The Morgan fingerprint density at radius 2 is 1.87 bits per heavy atom. The molecule has 0 bridgehead atoms. The van der Waals surface area contributed by atoms with Crippen molar-refractivity contribution in [2.24, 2.45) is 11.3 Å². The van der Waals surface area contributed by atoms with Gasteiger partial charge in [-0.05, 0) is 72.1 Å². The van der Waals surface area contributed by atoms with Crippen molar-refractivity contribution in [3.63, 3.8) is 0 Å². The molecule has 7 nitrogen and oxygen atoms in total. The summed E-state index contributed by atoms with van der Waals surface area (Å²) >= 11 is 0. The molecule has 1 saturated carbocycles. The first-order valence-electron chi connectivity index (χ1n) is 11.1. The first kappa shape index (κ1) is 24.2. The van der Waals surface area contributed by atoms with Gasteiger partial charge in [0, 0.05) is 25.2 Å². The molecule has 1 aromatic heterocycles. The molecular weight excluding hydrogens is 382 g/mol. The number of nitrogens with zero attached hydrogens (tertiary/aromatic N) is 2. The van der Waals surface area contributed by atoms with E-state index in [-0.39, 0.29) is 5.97 Å². The Bertz CT molecular complexity index is 702. The van der Waals surface area contributed by atoms with E-state index in [1.54, 1.807) is 0 Å². The topological polar surface area (TPSA) is 82.5 Å². The Hall–Kier alpha value is -2.05. The third-order valence-corrected chi connectivity index (χ3v) is 5.89. The van der Waals surface area contributed by atoms with Gasteiger partial charge in [-0.25, -0.2) is 9.78 Å². The number of carbonyl (C=O) groups excluding carboxylic acids is 2. The molecule has 1 atom stereocenters. The van der Waals surface area contributed by atoms with Gasteiger partial charge in [-0.2, -0.15) is 0 Å². The summed E-state index contributed by atoms with van der Waals surface area (Å²) < 4.78 is 12.5. The molecule has 0 aromatic carbocycles. The maximum Gasteiger partial charge on any atom is 0.407 e. The van der Waals surface area contributed by atoms with Gasteiger partial charge in [-0.15, -0.1) is 0 Å². The number of hydrogen-bond acceptors (Lipinski definition) is 5. The van der Waals surface area contributed by atoms with Crippen LogP contribution in [-0.4, -0.2) is 40.9 Å². The summed E-state index contributed by atoms with van der Waals surface area (Å²) in [6.45, 7) is 10.1. The van der Waals surface area contributed by atoms with Gasteiger partial charge >= 0.3 is 12.1 Å². The lowest BCUT2D eigenvalue weighted by Crippen LogP contribution is -2.35. The largest absolute Gasteiger partial charge is 0.469 e. The van der Waals surface area contributed by atoms with E-state index in [1.165, 1.54) is 32.8 Å². The normalized spacial score (nSPS) is 21.5. The van der Waals surface area contributed by atoms with E-state index < -0.39 is 17.1 Å². The third-order valence-electron chi connectivity index (χ3n) is 5.89. The minimum atomic E-state index is -0.690. The number of esters is 1. The summed E-state index contributed by atoms with van der Waals surface area (Å²) in [6.07, 6.45) is 10.2. The van der Waals surface area contributed by atoms with Crippen LogP contribution in [0.3, 0.4) is 0 Å². The molecule has 1 fully saturated rings. The van der Waals surface area contributed by atoms with E-state index in [0.29, 0.717) is 31.8 Å². The van der Waals surface area contributed by atoms with Crippen molar-refractivity contribution in [2.45, 2.75) is 91.2 Å². The zero-order valence-electron chi connectivity index (χ0n) is 19.5. The van der Waals surface area contributed by atoms with Crippen LogP contribution in [0.2, 0.25) is 0 Å². The van der Waals surface area contributed by atoms with Crippen molar-refractivity contribution in [1.29, 1.82) is 0 Å². The van der Waals surface area contributed by atoms with E-state index in [4.69, 9.17) is 9.47 Å². The first-order chi connectivity index (χ1) is 14.0. The molecule has 30 heavy (non-hydrogen) atoms. The number of amides is 1. The molecule has 0 radical (unpaired) electrons. The zero-order chi connectivity index (χ0) is 22.4. The van der Waals surface area contributed by atoms with E-state index in [9.17, 15) is 9.59 Å². The van der Waals surface area contributed by atoms with E-state index in [0.717, 1.165) is 11.6 Å². The molecule has 0 spiro atoms. The zero-order valence-corrected chi connectivity index (χ0v) is 19.5. The van der Waals surface area contributed by atoms with Crippen LogP contribution in [0.4, 0.5) is 4.79 Å². The van der Waals surface area contributed by atoms with Gasteiger partial charge < -0.3 is 19.4 Å². The highest BCUT2D eigenvalue weighted by Gasteiger charge is 2.35. The van der Waals surface area contributed by atoms with E-state index in [1.807, 2.05) is 34.0 Å². The van der Waals surface area contributed by atoms with Crippen LogP contribution in [0, 0.1) is 11.3 Å². The van der Waals surface area contributed by atoms with Crippen LogP contribution < -0.4 is 5.32 Å². The lowest BCUT2D eigenvalue weighted by molar-refractivity contribution is -0.152. The monoisotopic (exact) mass is 421 g/mol. The second-order valence-corrected chi connectivity index (χ2v) is 9.99. The fourth-order valence-corrected chi connectivity index (χ4v) is 4.10. The number of nitrogens with one attached hydrogen (secondary N) is 1. The predicted molar refractivity (Wildman–Crippen MR) is 116 cm³/mol. The maximum absolute atomic E-state index is 12.5. The lowest BCUT2D eigenvalue weighted by atomic mass is 9.81. The number of ether oxygens (including phenoxy) is 2. The summed E-state index contributed by atoms with van der Waals surface area (Å²) in [4.78, 5) is 28.9. The van der Waals surface area contributed by atoms with Crippen LogP contribution in [0.25, 0.3) is 0 Å². The number of alkyl carbamates (subject to hydrolysis) is 1. The van der Waals surface area contributed by atoms with E-state index >= 15 is 0 Å². The molecule has 1 amide bonds. The standard InChI is InChI=1S/C23H39N3O4/c1-17-8-10-19(11-9-17)26-15-18(25-16-26)14-23(5,20(27)29-6)12-7-13-24-21(28)30-22(2,3)4/h15-17,19H,7-14H2,1-6H3,(H,24,28)/t17?,19?,23-/m0/s1. The molecule has 0 aliphatic heterocycles. The molecule has 0 saturated heterocycles. The number of carbonyl (C=O) groups is 2. The molecule has 7 heteroatoms. The Kier molecular flexibility index (Phi) is 8.33. The fourth-order valence-electron chi connectivity index (χ4n) is 4.10. The summed E-state index contributed by atoms with van der Waals surface area (Å²) in [7, 11) is 1.42. The van der Waals surface area contributed by atoms with Gasteiger partial charge in [0.1, 0.15) is 5.60 Å². The average molecular weight is 422 g/mol. The Labute approximate surface area is 180 Å². The summed E-state index contributed by atoms with van der Waals surface area (Å²) in [5.41, 5.74) is -0.314. The fraction of sp³-hybridized carbons (Fsp3) is 0.783. The molecule has 1 heterocycles. The molecule has 2 rings (SSSR count). The van der Waals surface area contributed by atoms with Gasteiger partial charge in [0.15, 0.2) is 0 Å². The summed E-state index contributed by atoms with van der Waals surface area (Å²) in [6, 6.07) is 0.505. The van der Waals surface area contributed by atoms with Crippen molar-refractivity contribution in [3.05, 3.63) is 18.2 Å². The van der Waals surface area contributed by atoms with Gasteiger partial charge in [0.2, 0.25) is 0 Å². The molecule has 1 N–H and O–H groups in total. The number of imidazole rings is 1. The smallest absolute Gasteiger partial charge is 0.407 e. The van der Waals surface area contributed by atoms with Crippen LogP contribution in [0.5, 0.6) is 0 Å². The molecule has 1 aliphatic carbocycles. The Balaban J connectivity index is 1.91. The highest BCUT2D eigenvalue weighted by Crippen LogP contribution is 2.33. The van der Waals surface area contributed by atoms with Crippen molar-refractivity contribution < 1.29 is 19.1 Å². The van der Waals surface area contributed by atoms with Crippen molar-refractivity contribution in [3.8, 4) is 0 Å². The Morgan fingerprint density at radius 1 is 1.20 bits per heavy atom. The highest BCUT2D eigenvalue weighted by molar-refractivity contribution is 5.76. The SMILES string of the molecule is COC(=O)[C@@](C)(CCCNC(=O)OC(C)(C)C)Cc1cn(C2CCC(C)CC2)cn1. The maximum atomic E-state index is 12.5. The van der Waals surface area contributed by atoms with Gasteiger partial charge in [0.25, 0.3) is 0 Å². The predicted octanol–water partition coefficient (Wildman–Crippen LogP) is 4.66. The van der Waals surface area contributed by atoms with Crippen LogP contribution in [0.15, 0.2) is 12.5 Å². The molecule has 0 unspecified atom stereocenters. The minimum Gasteiger partial charge on any atom is -0.469 e. The van der Waals surface area contributed by atoms with Gasteiger partial charge in [-0.1, -0.05) is 6.92 Å². The van der Waals surface area contributed by atoms with Gasteiger partial charge in [0.05, 0.1) is 24.5 Å². The molecular formula is C23H39N3O4. The van der Waals surface area contributed by atoms with Crippen LogP contribution in [-0.2, 0) is 20.7 Å². The number of aromatic nitrogens is 2. The molecule has 1 aromatic rings. The van der Waals surface area contributed by atoms with E-state index in [2.05, 4.69) is 28.0 Å². The van der Waals surface area contributed by atoms with Crippen molar-refractivity contribution in [1.82, 2.24) is 14.9 Å². The quantitative estimate of drug-likeness (QED) is 0.487. The number of methoxy groups -OCH3 is 1. The van der Waals surface area contributed by atoms with Gasteiger partial charge in [-0.3, -0.25) is 4.79 Å².